The normalized spacial score (nSPS) is 24.6. The number of rotatable bonds is 8. The van der Waals surface area contributed by atoms with Crippen LogP contribution in [0.2, 0.25) is 5.15 Å². The Balaban J connectivity index is 1.44. The first-order valence-corrected chi connectivity index (χ1v) is 11.8. The molecule has 10 nitrogen and oxygen atoms in total. The standard InChI is InChI=1S/C20H22ClFN6O4S/c1-12(24-2)14(7-23)33(30,31)27-18(29)13-3-4-15(25-17(13)21)28-6-5-16(26-28)32-11-19-8-20(22,9-19)10-19/h3-7H,8-11,23H2,1-2H3,(H,27,29). The van der Waals surface area contributed by atoms with Gasteiger partial charge in [-0.05, 0) is 38.3 Å². The van der Waals surface area contributed by atoms with E-state index in [0.29, 0.717) is 37.6 Å². The van der Waals surface area contributed by atoms with Crippen molar-refractivity contribution in [2.24, 2.45) is 16.1 Å². The molecule has 0 aromatic carbocycles. The van der Waals surface area contributed by atoms with Gasteiger partial charge in [0.2, 0.25) is 5.88 Å². The van der Waals surface area contributed by atoms with E-state index >= 15 is 0 Å². The lowest BCUT2D eigenvalue weighted by atomic mass is 9.43. The van der Waals surface area contributed by atoms with E-state index in [1.165, 1.54) is 30.8 Å². The van der Waals surface area contributed by atoms with Gasteiger partial charge in [-0.2, -0.15) is 0 Å². The fourth-order valence-corrected chi connectivity index (χ4v) is 5.58. The van der Waals surface area contributed by atoms with Gasteiger partial charge in [-0.15, -0.1) is 5.10 Å². The maximum atomic E-state index is 13.6. The van der Waals surface area contributed by atoms with E-state index in [4.69, 9.17) is 22.1 Å². The number of pyridine rings is 1. The number of allylic oxidation sites excluding steroid dienone is 1. The van der Waals surface area contributed by atoms with Crippen molar-refractivity contribution < 1.29 is 22.3 Å². The Hall–Kier alpha value is -2.99. The van der Waals surface area contributed by atoms with Crippen LogP contribution in [0.5, 0.6) is 5.88 Å². The number of sulfonamides is 1. The van der Waals surface area contributed by atoms with Crippen LogP contribution in [0.25, 0.3) is 5.82 Å². The molecule has 0 radical (unpaired) electrons. The zero-order valence-electron chi connectivity index (χ0n) is 17.9. The van der Waals surface area contributed by atoms with E-state index in [9.17, 15) is 17.6 Å². The Morgan fingerprint density at radius 1 is 1.39 bits per heavy atom. The van der Waals surface area contributed by atoms with Gasteiger partial charge in [-0.25, -0.2) is 27.2 Å². The van der Waals surface area contributed by atoms with Crippen LogP contribution in [0, 0.1) is 5.41 Å². The second kappa shape index (κ2) is 8.10. The lowest BCUT2D eigenvalue weighted by Crippen LogP contribution is -2.66. The van der Waals surface area contributed by atoms with Crippen molar-refractivity contribution in [3.05, 3.63) is 46.2 Å². The predicted molar refractivity (Wildman–Crippen MR) is 120 cm³/mol. The Kier molecular flexibility index (Phi) is 5.69. The second-order valence-electron chi connectivity index (χ2n) is 8.35. The number of nitrogens with two attached hydrogens (primary N) is 1. The molecule has 3 fully saturated rings. The number of aromatic nitrogens is 3. The van der Waals surface area contributed by atoms with Crippen LogP contribution < -0.4 is 15.2 Å². The summed E-state index contributed by atoms with van der Waals surface area (Å²) in [5.74, 6) is -0.331. The molecule has 2 bridgehead atoms. The van der Waals surface area contributed by atoms with Crippen molar-refractivity contribution in [1.29, 1.82) is 0 Å². The zero-order valence-corrected chi connectivity index (χ0v) is 19.5. The third-order valence-corrected chi connectivity index (χ3v) is 7.59. The monoisotopic (exact) mass is 496 g/mol. The molecule has 176 valence electrons. The molecule has 2 aromatic rings. The number of aliphatic imine (C=N–C) groups is 1. The van der Waals surface area contributed by atoms with Crippen LogP contribution in [0.15, 0.2) is 40.5 Å². The topological polar surface area (TPSA) is 142 Å². The largest absolute Gasteiger partial charge is 0.476 e. The summed E-state index contributed by atoms with van der Waals surface area (Å²) in [6.45, 7) is 1.85. The van der Waals surface area contributed by atoms with Crippen molar-refractivity contribution in [2.75, 3.05) is 13.7 Å². The molecule has 3 aliphatic carbocycles. The molecule has 13 heteroatoms. The summed E-state index contributed by atoms with van der Waals surface area (Å²) in [7, 11) is -2.86. The molecule has 2 aromatic heterocycles. The number of carbonyl (C=O) groups is 1. The Morgan fingerprint density at radius 2 is 2.09 bits per heavy atom. The second-order valence-corrected chi connectivity index (χ2v) is 10.4. The molecular weight excluding hydrogens is 475 g/mol. The highest BCUT2D eigenvalue weighted by molar-refractivity contribution is 7.95. The molecular formula is C20H22ClFN6O4S. The molecule has 33 heavy (non-hydrogen) atoms. The van der Waals surface area contributed by atoms with Gasteiger partial charge in [-0.1, -0.05) is 11.6 Å². The molecule has 5 rings (SSSR count). The van der Waals surface area contributed by atoms with Crippen LogP contribution in [0.4, 0.5) is 4.39 Å². The first kappa shape index (κ1) is 23.2. The van der Waals surface area contributed by atoms with Gasteiger partial charge in [0, 0.05) is 30.9 Å². The van der Waals surface area contributed by atoms with E-state index in [1.807, 2.05) is 4.72 Å². The lowest BCUT2D eigenvalue weighted by molar-refractivity contribution is -0.226. The summed E-state index contributed by atoms with van der Waals surface area (Å²) in [5.41, 5.74) is 4.30. The van der Waals surface area contributed by atoms with Crippen molar-refractivity contribution >= 4 is 33.2 Å². The number of nitrogens with one attached hydrogen (secondary N) is 1. The van der Waals surface area contributed by atoms with Crippen molar-refractivity contribution in [2.45, 2.75) is 31.9 Å². The van der Waals surface area contributed by atoms with Gasteiger partial charge in [0.15, 0.2) is 5.82 Å². The molecule has 3 N–H and O–H groups in total. The molecule has 0 saturated heterocycles. The van der Waals surface area contributed by atoms with Gasteiger partial charge in [0.05, 0.1) is 17.9 Å². The molecule has 0 atom stereocenters. The van der Waals surface area contributed by atoms with Gasteiger partial charge in [0.1, 0.15) is 15.7 Å². The lowest BCUT2D eigenvalue weighted by Gasteiger charge is -2.65. The summed E-state index contributed by atoms with van der Waals surface area (Å²) >= 11 is 6.14. The molecule has 3 saturated carbocycles. The van der Waals surface area contributed by atoms with E-state index < -0.39 is 21.6 Å². The summed E-state index contributed by atoms with van der Waals surface area (Å²) in [5, 5.41) is 4.04. The summed E-state index contributed by atoms with van der Waals surface area (Å²) in [6, 6.07) is 4.42. The van der Waals surface area contributed by atoms with E-state index in [0.717, 1.165) is 6.20 Å². The fourth-order valence-electron chi connectivity index (χ4n) is 4.22. The number of hydrogen-bond acceptors (Lipinski definition) is 8. The number of alkyl halides is 1. The molecule has 1 amide bonds. The number of halogens is 2. The third-order valence-electron chi connectivity index (χ3n) is 5.84. The first-order valence-electron chi connectivity index (χ1n) is 9.97. The minimum atomic E-state index is -4.26. The molecule has 0 aliphatic heterocycles. The smallest absolute Gasteiger partial charge is 0.268 e. The fraction of sp³-hybridized carbons (Fsp3) is 0.400. The highest BCUT2D eigenvalue weighted by Crippen LogP contribution is 2.69. The van der Waals surface area contributed by atoms with Gasteiger partial charge < -0.3 is 10.5 Å². The van der Waals surface area contributed by atoms with Crippen LogP contribution in [0.1, 0.15) is 36.5 Å². The van der Waals surface area contributed by atoms with Crippen molar-refractivity contribution in [3.8, 4) is 11.7 Å². The summed E-state index contributed by atoms with van der Waals surface area (Å²) in [4.78, 5) is 20.1. The Labute approximate surface area is 194 Å². The van der Waals surface area contributed by atoms with Crippen LogP contribution in [-0.4, -0.2) is 54.1 Å². The van der Waals surface area contributed by atoms with Crippen LogP contribution in [-0.2, 0) is 10.0 Å². The van der Waals surface area contributed by atoms with Crippen molar-refractivity contribution in [3.63, 3.8) is 0 Å². The minimum absolute atomic E-state index is 0.0735. The highest BCUT2D eigenvalue weighted by atomic mass is 35.5. The van der Waals surface area contributed by atoms with Gasteiger partial charge in [-0.3, -0.25) is 9.79 Å². The average Bonchev–Trinajstić information content (AvgIpc) is 3.18. The number of carbonyl (C=O) groups excluding carboxylic acids is 1. The number of hydrogen-bond donors (Lipinski definition) is 2. The van der Waals surface area contributed by atoms with E-state index in [1.54, 1.807) is 12.3 Å². The highest BCUT2D eigenvalue weighted by Gasteiger charge is 2.69. The van der Waals surface area contributed by atoms with Crippen LogP contribution in [0.3, 0.4) is 0 Å². The Morgan fingerprint density at radius 3 is 2.67 bits per heavy atom. The zero-order chi connectivity index (χ0) is 24.0. The first-order chi connectivity index (χ1) is 15.5. The number of amides is 1. The predicted octanol–water partition coefficient (Wildman–Crippen LogP) is 2.14. The Bertz CT molecular complexity index is 1270. The SMILES string of the molecule is CN=C(C)C(=CN)S(=O)(=O)NC(=O)c1ccc(-n2ccc(OCC34CC(F)(C3)C4)n2)nc1Cl. The van der Waals surface area contributed by atoms with Crippen LogP contribution >= 0.6 is 11.6 Å². The number of ether oxygens (including phenoxy) is 1. The van der Waals surface area contributed by atoms with Crippen molar-refractivity contribution in [1.82, 2.24) is 19.5 Å². The summed E-state index contributed by atoms with van der Waals surface area (Å²) < 4.78 is 47.5. The average molecular weight is 497 g/mol. The quantitative estimate of drug-likeness (QED) is 0.421. The number of nitrogens with zero attached hydrogens (tertiary/aromatic N) is 4. The van der Waals surface area contributed by atoms with Gasteiger partial charge >= 0.3 is 0 Å². The van der Waals surface area contributed by atoms with E-state index in [2.05, 4.69) is 15.1 Å². The summed E-state index contributed by atoms with van der Waals surface area (Å²) in [6.07, 6.45) is 4.04. The third kappa shape index (κ3) is 4.32. The van der Waals surface area contributed by atoms with E-state index in [-0.39, 0.29) is 26.7 Å². The minimum Gasteiger partial charge on any atom is -0.476 e. The molecule has 0 spiro atoms. The molecule has 2 heterocycles. The maximum absolute atomic E-state index is 13.6. The van der Waals surface area contributed by atoms with Gasteiger partial charge in [0.25, 0.3) is 15.9 Å². The molecule has 0 unspecified atom stereocenters. The maximum Gasteiger partial charge on any atom is 0.268 e. The molecule has 3 aliphatic rings.